The van der Waals surface area contributed by atoms with E-state index >= 15 is 0 Å². The van der Waals surface area contributed by atoms with E-state index in [0.717, 1.165) is 35.3 Å². The smallest absolute Gasteiger partial charge is 0.277 e. The van der Waals surface area contributed by atoms with E-state index < -0.39 is 0 Å². The van der Waals surface area contributed by atoms with Gasteiger partial charge in [0.25, 0.3) is 5.91 Å². The molecule has 2 rings (SSSR count). The van der Waals surface area contributed by atoms with Crippen molar-refractivity contribution < 1.29 is 9.53 Å². The molecular formula is C19H24N2O2. The molecule has 1 aliphatic rings. The van der Waals surface area contributed by atoms with Gasteiger partial charge in [-0.25, -0.2) is 5.43 Å². The van der Waals surface area contributed by atoms with E-state index in [9.17, 15) is 4.79 Å². The second-order valence-electron chi connectivity index (χ2n) is 6.07. The second-order valence-corrected chi connectivity index (χ2v) is 6.07. The van der Waals surface area contributed by atoms with Crippen molar-refractivity contribution in [1.82, 2.24) is 5.43 Å². The van der Waals surface area contributed by atoms with Gasteiger partial charge in [-0.2, -0.15) is 5.10 Å². The number of nitrogens with one attached hydrogen (secondary N) is 1. The maximum atomic E-state index is 11.9. The van der Waals surface area contributed by atoms with Crippen molar-refractivity contribution in [1.29, 1.82) is 0 Å². The van der Waals surface area contributed by atoms with Crippen molar-refractivity contribution in [2.24, 2.45) is 11.0 Å². The van der Waals surface area contributed by atoms with Crippen molar-refractivity contribution in [2.45, 2.75) is 33.6 Å². The summed E-state index contributed by atoms with van der Waals surface area (Å²) in [6, 6.07) is 7.61. The summed E-state index contributed by atoms with van der Waals surface area (Å²) in [5.74, 6) is 0.825. The van der Waals surface area contributed by atoms with Crippen molar-refractivity contribution in [3.05, 3.63) is 53.6 Å². The third kappa shape index (κ3) is 5.09. The van der Waals surface area contributed by atoms with E-state index in [2.05, 4.69) is 23.2 Å². The monoisotopic (exact) mass is 312 g/mol. The van der Waals surface area contributed by atoms with Gasteiger partial charge < -0.3 is 4.74 Å². The van der Waals surface area contributed by atoms with Crippen LogP contribution in [-0.4, -0.2) is 18.2 Å². The van der Waals surface area contributed by atoms with Gasteiger partial charge in [0, 0.05) is 0 Å². The highest BCUT2D eigenvalue weighted by atomic mass is 16.5. The molecule has 0 fully saturated rings. The number of hydrazone groups is 1. The molecule has 1 aromatic rings. The Morgan fingerprint density at radius 1 is 1.43 bits per heavy atom. The number of hydrogen-bond donors (Lipinski definition) is 1. The van der Waals surface area contributed by atoms with Crippen LogP contribution in [0.25, 0.3) is 0 Å². The summed E-state index contributed by atoms with van der Waals surface area (Å²) < 4.78 is 5.46. The fraction of sp³-hybridized carbons (Fsp3) is 0.368. The van der Waals surface area contributed by atoms with E-state index in [1.54, 1.807) is 0 Å². The van der Waals surface area contributed by atoms with Gasteiger partial charge in [-0.1, -0.05) is 30.4 Å². The molecular weight excluding hydrogens is 288 g/mol. The molecule has 1 aliphatic carbocycles. The lowest BCUT2D eigenvalue weighted by Crippen LogP contribution is -2.27. The summed E-state index contributed by atoms with van der Waals surface area (Å²) in [6.45, 7) is 9.99. The summed E-state index contributed by atoms with van der Waals surface area (Å²) in [5.41, 5.74) is 6.85. The van der Waals surface area contributed by atoms with Gasteiger partial charge in [0.1, 0.15) is 5.75 Å². The van der Waals surface area contributed by atoms with E-state index in [-0.39, 0.29) is 12.5 Å². The standard InChI is InChI=1S/C19H24N2O2/c1-13(2)16-9-8-15(4)18(11-16)20-21-19(22)12-23-17-7-5-6-14(3)10-17/h5-8,10,16H,1,9,11-12H2,2-4H3,(H,21,22)/t16-/m1/s1. The fourth-order valence-corrected chi connectivity index (χ4v) is 2.44. The quantitative estimate of drug-likeness (QED) is 0.664. The van der Waals surface area contributed by atoms with E-state index in [0.29, 0.717) is 11.7 Å². The number of ether oxygens (including phenoxy) is 1. The van der Waals surface area contributed by atoms with Crippen LogP contribution in [0.2, 0.25) is 0 Å². The zero-order valence-corrected chi connectivity index (χ0v) is 14.1. The molecule has 0 heterocycles. The van der Waals surface area contributed by atoms with Gasteiger partial charge >= 0.3 is 0 Å². The molecule has 1 aromatic carbocycles. The van der Waals surface area contributed by atoms with E-state index in [4.69, 9.17) is 4.74 Å². The highest BCUT2D eigenvalue weighted by Crippen LogP contribution is 2.26. The van der Waals surface area contributed by atoms with Crippen LogP contribution < -0.4 is 10.2 Å². The summed E-state index contributed by atoms with van der Waals surface area (Å²) >= 11 is 0. The minimum atomic E-state index is -0.260. The van der Waals surface area contributed by atoms with Crippen molar-refractivity contribution in [2.75, 3.05) is 6.61 Å². The van der Waals surface area contributed by atoms with Gasteiger partial charge in [0.2, 0.25) is 0 Å². The number of rotatable bonds is 5. The molecule has 0 saturated heterocycles. The largest absolute Gasteiger partial charge is 0.484 e. The number of hydrogen-bond acceptors (Lipinski definition) is 3. The number of allylic oxidation sites excluding steroid dienone is 3. The van der Waals surface area contributed by atoms with Crippen molar-refractivity contribution >= 4 is 11.6 Å². The second kappa shape index (κ2) is 7.77. The third-order valence-corrected chi connectivity index (χ3v) is 3.98. The molecule has 4 heteroatoms. The molecule has 1 amide bonds. The number of nitrogens with zero attached hydrogens (tertiary/aromatic N) is 1. The minimum absolute atomic E-state index is 0.0487. The first kappa shape index (κ1) is 17.0. The molecule has 0 unspecified atom stereocenters. The SMILES string of the molecule is C=C(C)[C@@H]1CC=C(C)C(=NNC(=O)COc2cccc(C)c2)C1. The average Bonchev–Trinajstić information content (AvgIpc) is 2.52. The first-order chi connectivity index (χ1) is 11.0. The number of amides is 1. The molecule has 23 heavy (non-hydrogen) atoms. The van der Waals surface area contributed by atoms with Crippen LogP contribution in [-0.2, 0) is 4.79 Å². The minimum Gasteiger partial charge on any atom is -0.484 e. The number of carbonyl (C=O) groups is 1. The van der Waals surface area contributed by atoms with Crippen LogP contribution in [0.5, 0.6) is 5.75 Å². The number of carbonyl (C=O) groups excluding carboxylic acids is 1. The van der Waals surface area contributed by atoms with Gasteiger partial charge in [-0.05, 0) is 62.8 Å². The Labute approximate surface area is 137 Å². The van der Waals surface area contributed by atoms with Crippen LogP contribution in [0.15, 0.2) is 53.2 Å². The summed E-state index contributed by atoms with van der Waals surface area (Å²) in [6.07, 6.45) is 3.96. The van der Waals surface area contributed by atoms with Crippen molar-refractivity contribution in [3.8, 4) is 5.75 Å². The fourth-order valence-electron chi connectivity index (χ4n) is 2.44. The molecule has 0 spiro atoms. The zero-order valence-electron chi connectivity index (χ0n) is 14.1. The Kier molecular flexibility index (Phi) is 5.74. The predicted octanol–water partition coefficient (Wildman–Crippen LogP) is 3.78. The first-order valence-corrected chi connectivity index (χ1v) is 7.83. The lowest BCUT2D eigenvalue weighted by atomic mass is 9.85. The van der Waals surface area contributed by atoms with Gasteiger partial charge in [-0.3, -0.25) is 4.79 Å². The normalized spacial score (nSPS) is 19.2. The van der Waals surface area contributed by atoms with Crippen molar-refractivity contribution in [3.63, 3.8) is 0 Å². The molecule has 0 aliphatic heterocycles. The zero-order chi connectivity index (χ0) is 16.8. The maximum absolute atomic E-state index is 11.9. The van der Waals surface area contributed by atoms with E-state index in [1.807, 2.05) is 45.0 Å². The predicted molar refractivity (Wildman–Crippen MR) is 93.5 cm³/mol. The molecule has 0 aromatic heterocycles. The molecule has 0 bridgehead atoms. The first-order valence-electron chi connectivity index (χ1n) is 7.83. The lowest BCUT2D eigenvalue weighted by molar-refractivity contribution is -0.123. The molecule has 0 saturated carbocycles. The molecule has 122 valence electrons. The summed E-state index contributed by atoms with van der Waals surface area (Å²) in [4.78, 5) is 11.9. The highest BCUT2D eigenvalue weighted by Gasteiger charge is 2.18. The summed E-state index contributed by atoms with van der Waals surface area (Å²) in [7, 11) is 0. The van der Waals surface area contributed by atoms with Gasteiger partial charge in [-0.15, -0.1) is 0 Å². The molecule has 1 N–H and O–H groups in total. The highest BCUT2D eigenvalue weighted by molar-refractivity contribution is 6.01. The Morgan fingerprint density at radius 3 is 2.91 bits per heavy atom. The number of benzene rings is 1. The van der Waals surface area contributed by atoms with Gasteiger partial charge in [0.15, 0.2) is 6.61 Å². The third-order valence-electron chi connectivity index (χ3n) is 3.98. The van der Waals surface area contributed by atoms with E-state index in [1.165, 1.54) is 0 Å². The van der Waals surface area contributed by atoms with Crippen LogP contribution in [0, 0.1) is 12.8 Å². The Hall–Kier alpha value is -2.36. The lowest BCUT2D eigenvalue weighted by Gasteiger charge is -2.22. The Balaban J connectivity index is 1.88. The molecule has 0 radical (unpaired) electrons. The summed E-state index contributed by atoms with van der Waals surface area (Å²) in [5, 5.41) is 4.25. The molecule has 4 nitrogen and oxygen atoms in total. The van der Waals surface area contributed by atoms with Crippen LogP contribution in [0.3, 0.4) is 0 Å². The van der Waals surface area contributed by atoms with Gasteiger partial charge in [0.05, 0.1) is 5.71 Å². The molecule has 1 atom stereocenters. The van der Waals surface area contributed by atoms with Crippen LogP contribution >= 0.6 is 0 Å². The Bertz CT molecular complexity index is 659. The topological polar surface area (TPSA) is 50.7 Å². The average molecular weight is 312 g/mol. The van der Waals surface area contributed by atoms with Crippen LogP contribution in [0.4, 0.5) is 0 Å². The number of aryl methyl sites for hydroxylation is 1. The maximum Gasteiger partial charge on any atom is 0.277 e. The van der Waals surface area contributed by atoms with Crippen LogP contribution in [0.1, 0.15) is 32.3 Å². The Morgan fingerprint density at radius 2 is 2.22 bits per heavy atom.